The van der Waals surface area contributed by atoms with Crippen LogP contribution in [0.2, 0.25) is 0 Å². The lowest BCUT2D eigenvalue weighted by atomic mass is 9.97. The summed E-state index contributed by atoms with van der Waals surface area (Å²) in [6.45, 7) is 4.63. The topological polar surface area (TPSA) is 69.6 Å². The summed E-state index contributed by atoms with van der Waals surface area (Å²) in [5.74, 6) is -0.381. The molecule has 1 heterocycles. The maximum absolute atomic E-state index is 12.4. The highest BCUT2D eigenvalue weighted by molar-refractivity contribution is 5.83. The minimum atomic E-state index is -0.890. The molecule has 0 bridgehead atoms. The van der Waals surface area contributed by atoms with Crippen LogP contribution in [-0.4, -0.2) is 40.6 Å². The van der Waals surface area contributed by atoms with Gasteiger partial charge in [0.1, 0.15) is 6.04 Å². The molecule has 0 aromatic carbocycles. The molecule has 114 valence electrons. The third-order valence-electron chi connectivity index (χ3n) is 4.88. The number of carboxylic acids is 1. The quantitative estimate of drug-likeness (QED) is 0.764. The zero-order chi connectivity index (χ0) is 14.7. The Balaban J connectivity index is 1.98. The molecular weight excluding hydrogens is 256 g/mol. The Morgan fingerprint density at radius 1 is 1.05 bits per heavy atom. The van der Waals surface area contributed by atoms with Crippen LogP contribution in [-0.2, 0) is 4.79 Å². The van der Waals surface area contributed by atoms with Crippen molar-refractivity contribution in [2.24, 2.45) is 11.8 Å². The van der Waals surface area contributed by atoms with Crippen molar-refractivity contribution in [3.63, 3.8) is 0 Å². The normalized spacial score (nSPS) is 34.6. The molecule has 4 atom stereocenters. The second-order valence-electron chi connectivity index (χ2n) is 6.41. The van der Waals surface area contributed by atoms with E-state index in [4.69, 9.17) is 0 Å². The van der Waals surface area contributed by atoms with Crippen molar-refractivity contribution in [3.8, 4) is 0 Å². The number of likely N-dealkylation sites (tertiary alicyclic amines) is 1. The van der Waals surface area contributed by atoms with Crippen molar-refractivity contribution < 1.29 is 14.7 Å². The van der Waals surface area contributed by atoms with E-state index in [1.807, 2.05) is 6.92 Å². The minimum Gasteiger partial charge on any atom is -0.480 e. The summed E-state index contributed by atoms with van der Waals surface area (Å²) >= 11 is 0. The van der Waals surface area contributed by atoms with E-state index in [2.05, 4.69) is 12.2 Å². The number of hydrogen-bond acceptors (Lipinski definition) is 2. The summed E-state index contributed by atoms with van der Waals surface area (Å²) in [5, 5.41) is 12.4. The zero-order valence-corrected chi connectivity index (χ0v) is 12.5. The molecule has 1 aliphatic carbocycles. The second kappa shape index (κ2) is 6.46. The van der Waals surface area contributed by atoms with Crippen LogP contribution in [0.15, 0.2) is 0 Å². The van der Waals surface area contributed by atoms with Crippen molar-refractivity contribution in [2.75, 3.05) is 6.54 Å². The van der Waals surface area contributed by atoms with Gasteiger partial charge in [-0.3, -0.25) is 0 Å². The molecule has 1 saturated heterocycles. The summed E-state index contributed by atoms with van der Waals surface area (Å²) in [6.07, 6.45) is 6.53. The number of nitrogens with zero attached hydrogens (tertiary/aromatic N) is 1. The van der Waals surface area contributed by atoms with Crippen LogP contribution in [0.1, 0.15) is 52.4 Å². The lowest BCUT2D eigenvalue weighted by Gasteiger charge is -2.29. The highest BCUT2D eigenvalue weighted by Crippen LogP contribution is 2.26. The van der Waals surface area contributed by atoms with Crippen LogP contribution < -0.4 is 5.32 Å². The molecule has 5 nitrogen and oxygen atoms in total. The maximum Gasteiger partial charge on any atom is 0.326 e. The predicted octanol–water partition coefficient (Wildman–Crippen LogP) is 2.46. The third-order valence-corrected chi connectivity index (χ3v) is 4.88. The first-order valence-electron chi connectivity index (χ1n) is 7.80. The van der Waals surface area contributed by atoms with Crippen molar-refractivity contribution in [1.29, 1.82) is 0 Å². The molecule has 0 radical (unpaired) electrons. The molecule has 2 rings (SSSR count). The lowest BCUT2D eigenvalue weighted by Crippen LogP contribution is -2.51. The first kappa shape index (κ1) is 15.1. The third kappa shape index (κ3) is 3.25. The van der Waals surface area contributed by atoms with Crippen LogP contribution >= 0.6 is 0 Å². The highest BCUT2D eigenvalue weighted by atomic mass is 16.4. The van der Waals surface area contributed by atoms with E-state index >= 15 is 0 Å². The smallest absolute Gasteiger partial charge is 0.326 e. The molecule has 1 aliphatic heterocycles. The van der Waals surface area contributed by atoms with E-state index in [0.29, 0.717) is 12.5 Å². The van der Waals surface area contributed by atoms with Gasteiger partial charge in [0.05, 0.1) is 0 Å². The van der Waals surface area contributed by atoms with Gasteiger partial charge in [-0.25, -0.2) is 9.59 Å². The van der Waals surface area contributed by atoms with Gasteiger partial charge in [-0.05, 0) is 31.1 Å². The van der Waals surface area contributed by atoms with Crippen LogP contribution in [0.3, 0.4) is 0 Å². The summed E-state index contributed by atoms with van der Waals surface area (Å²) in [5.41, 5.74) is 0. The molecular formula is C15H26N2O3. The Labute approximate surface area is 120 Å². The molecule has 20 heavy (non-hydrogen) atoms. The van der Waals surface area contributed by atoms with E-state index in [1.165, 1.54) is 17.7 Å². The number of rotatable bonds is 2. The zero-order valence-electron chi connectivity index (χ0n) is 12.5. The maximum atomic E-state index is 12.4. The van der Waals surface area contributed by atoms with Crippen molar-refractivity contribution in [1.82, 2.24) is 10.2 Å². The van der Waals surface area contributed by atoms with Gasteiger partial charge in [-0.2, -0.15) is 0 Å². The Hall–Kier alpha value is -1.26. The number of carbonyl (C=O) groups excluding carboxylic acids is 1. The van der Waals surface area contributed by atoms with E-state index in [0.717, 1.165) is 25.7 Å². The van der Waals surface area contributed by atoms with Crippen molar-refractivity contribution in [2.45, 2.75) is 64.5 Å². The van der Waals surface area contributed by atoms with Crippen LogP contribution in [0, 0.1) is 11.8 Å². The number of urea groups is 1. The molecule has 5 heteroatoms. The summed E-state index contributed by atoms with van der Waals surface area (Å²) < 4.78 is 0. The van der Waals surface area contributed by atoms with Gasteiger partial charge >= 0.3 is 12.0 Å². The van der Waals surface area contributed by atoms with E-state index in [1.54, 1.807) is 0 Å². The molecule has 4 unspecified atom stereocenters. The first-order chi connectivity index (χ1) is 9.50. The number of nitrogens with one attached hydrogen (secondary N) is 1. The van der Waals surface area contributed by atoms with E-state index < -0.39 is 12.0 Å². The van der Waals surface area contributed by atoms with Gasteiger partial charge in [0, 0.05) is 12.6 Å². The molecule has 2 amide bonds. The average molecular weight is 282 g/mol. The Morgan fingerprint density at radius 2 is 1.75 bits per heavy atom. The lowest BCUT2D eigenvalue weighted by molar-refractivity contribution is -0.142. The van der Waals surface area contributed by atoms with Gasteiger partial charge in [0.2, 0.25) is 0 Å². The molecule has 2 aliphatic rings. The Bertz CT molecular complexity index is 372. The number of aliphatic carboxylic acids is 1. The average Bonchev–Trinajstić information content (AvgIpc) is 2.67. The number of carbonyl (C=O) groups is 2. The Morgan fingerprint density at radius 3 is 2.45 bits per heavy atom. The molecule has 1 saturated carbocycles. The SMILES string of the molecule is CC1CCCCCC1NC(=O)N1CCC(C)C1C(=O)O. The fourth-order valence-corrected chi connectivity index (χ4v) is 3.50. The van der Waals surface area contributed by atoms with Crippen LogP contribution in [0.5, 0.6) is 0 Å². The molecule has 0 aromatic rings. The summed E-state index contributed by atoms with van der Waals surface area (Å²) in [4.78, 5) is 25.2. The fourth-order valence-electron chi connectivity index (χ4n) is 3.50. The van der Waals surface area contributed by atoms with E-state index in [-0.39, 0.29) is 18.0 Å². The second-order valence-corrected chi connectivity index (χ2v) is 6.41. The van der Waals surface area contributed by atoms with Crippen LogP contribution in [0.25, 0.3) is 0 Å². The molecule has 0 spiro atoms. The molecule has 0 aromatic heterocycles. The summed E-state index contributed by atoms with van der Waals surface area (Å²) in [7, 11) is 0. The number of carboxylic acid groups (broad SMARTS) is 1. The van der Waals surface area contributed by atoms with Gasteiger partial charge < -0.3 is 15.3 Å². The Kier molecular flexibility index (Phi) is 4.89. The first-order valence-corrected chi connectivity index (χ1v) is 7.80. The number of amides is 2. The van der Waals surface area contributed by atoms with Gasteiger partial charge in [0.15, 0.2) is 0 Å². The number of hydrogen-bond donors (Lipinski definition) is 2. The van der Waals surface area contributed by atoms with Gasteiger partial charge in [-0.1, -0.05) is 33.1 Å². The predicted molar refractivity (Wildman–Crippen MR) is 76.5 cm³/mol. The van der Waals surface area contributed by atoms with Gasteiger partial charge in [-0.15, -0.1) is 0 Å². The minimum absolute atomic E-state index is 0.0322. The molecule has 2 fully saturated rings. The largest absolute Gasteiger partial charge is 0.480 e. The van der Waals surface area contributed by atoms with E-state index in [9.17, 15) is 14.7 Å². The van der Waals surface area contributed by atoms with Crippen molar-refractivity contribution >= 4 is 12.0 Å². The highest BCUT2D eigenvalue weighted by Gasteiger charge is 2.40. The summed E-state index contributed by atoms with van der Waals surface area (Å²) in [6, 6.07) is -0.674. The molecule has 2 N–H and O–H groups in total. The fraction of sp³-hybridized carbons (Fsp3) is 0.867. The monoisotopic (exact) mass is 282 g/mol. The standard InChI is InChI=1S/C15H26N2O3/c1-10-6-4-3-5-7-12(10)16-15(20)17-9-8-11(2)13(17)14(18)19/h10-13H,3-9H2,1-2H3,(H,16,20)(H,18,19). The van der Waals surface area contributed by atoms with Crippen LogP contribution in [0.4, 0.5) is 4.79 Å². The van der Waals surface area contributed by atoms with Crippen molar-refractivity contribution in [3.05, 3.63) is 0 Å². The van der Waals surface area contributed by atoms with Gasteiger partial charge in [0.25, 0.3) is 0 Å².